The maximum Gasteiger partial charge on any atom is 0.379 e. The molecule has 0 atom stereocenters. The number of hydrogen-bond acceptors (Lipinski definition) is 3. The molecular weight excluding hydrogens is 218 g/mol. The van der Waals surface area contributed by atoms with Gasteiger partial charge in [-0.05, 0) is 31.5 Å². The van der Waals surface area contributed by atoms with Gasteiger partial charge >= 0.3 is 5.97 Å². The molecule has 0 fully saturated rings. The van der Waals surface area contributed by atoms with Gasteiger partial charge in [0, 0.05) is 0 Å². The molecule has 0 aliphatic heterocycles. The topological polar surface area (TPSA) is 43.4 Å². The van der Waals surface area contributed by atoms with Gasteiger partial charge in [0.2, 0.25) is 0 Å². The zero-order valence-corrected chi connectivity index (χ0v) is 8.84. The van der Waals surface area contributed by atoms with Gasteiger partial charge in [-0.2, -0.15) is 0 Å². The largest absolute Gasteiger partial charge is 0.460 e. The Labute approximate surface area is 91.0 Å². The van der Waals surface area contributed by atoms with Crippen molar-refractivity contribution in [3.8, 4) is 0 Å². The van der Waals surface area contributed by atoms with Gasteiger partial charge in [0.15, 0.2) is 0 Å². The molecule has 1 aromatic carbocycles. The van der Waals surface area contributed by atoms with E-state index < -0.39 is 29.0 Å². The second kappa shape index (κ2) is 4.83. The Balaban J connectivity index is 3.14. The summed E-state index contributed by atoms with van der Waals surface area (Å²) in [6.07, 6.45) is 0. The lowest BCUT2D eigenvalue weighted by atomic mass is 10.1. The van der Waals surface area contributed by atoms with E-state index >= 15 is 0 Å². The van der Waals surface area contributed by atoms with E-state index in [0.29, 0.717) is 5.56 Å². The Morgan fingerprint density at radius 3 is 2.19 bits per heavy atom. The third-order valence-electron chi connectivity index (χ3n) is 1.87. The average Bonchev–Trinajstić information content (AvgIpc) is 2.16. The molecule has 0 aliphatic rings. The number of ether oxygens (including phenoxy) is 1. The summed E-state index contributed by atoms with van der Waals surface area (Å²) in [5.74, 6) is -4.69. The molecule has 0 aliphatic carbocycles. The summed E-state index contributed by atoms with van der Waals surface area (Å²) in [6.45, 7) is 2.94. The molecule has 0 N–H and O–H groups in total. The summed E-state index contributed by atoms with van der Waals surface area (Å²) >= 11 is 0. The van der Waals surface area contributed by atoms with Crippen molar-refractivity contribution >= 4 is 11.8 Å². The number of aryl methyl sites for hydroxylation is 1. The second-order valence-electron chi connectivity index (χ2n) is 3.15. The van der Waals surface area contributed by atoms with Crippen molar-refractivity contribution in [3.05, 3.63) is 34.9 Å². The first-order chi connectivity index (χ1) is 7.47. The van der Waals surface area contributed by atoms with E-state index in [1.54, 1.807) is 0 Å². The molecule has 0 heterocycles. The fourth-order valence-electron chi connectivity index (χ4n) is 1.22. The molecule has 1 aromatic rings. The minimum Gasteiger partial charge on any atom is -0.460 e. The smallest absolute Gasteiger partial charge is 0.379 e. The number of halogens is 2. The molecule has 16 heavy (non-hydrogen) atoms. The van der Waals surface area contributed by atoms with Gasteiger partial charge in [-0.1, -0.05) is 0 Å². The number of Topliss-reactive ketones (excluding diaryl/α,β-unsaturated/α-hetero) is 1. The molecule has 0 saturated carbocycles. The first kappa shape index (κ1) is 12.3. The highest BCUT2D eigenvalue weighted by Gasteiger charge is 2.25. The van der Waals surface area contributed by atoms with Crippen LogP contribution in [0, 0.1) is 18.6 Å². The van der Waals surface area contributed by atoms with E-state index in [0.717, 1.165) is 12.1 Å². The lowest BCUT2D eigenvalue weighted by molar-refractivity contribution is -0.137. The molecule has 0 unspecified atom stereocenters. The fourth-order valence-corrected chi connectivity index (χ4v) is 1.22. The molecule has 0 spiro atoms. The maximum absolute atomic E-state index is 13.3. The zero-order valence-electron chi connectivity index (χ0n) is 8.84. The van der Waals surface area contributed by atoms with Crippen LogP contribution in [0.3, 0.4) is 0 Å². The highest BCUT2D eigenvalue weighted by atomic mass is 19.1. The molecule has 0 radical (unpaired) electrons. The first-order valence-corrected chi connectivity index (χ1v) is 4.64. The first-order valence-electron chi connectivity index (χ1n) is 4.64. The molecule has 0 saturated heterocycles. The van der Waals surface area contributed by atoms with Gasteiger partial charge in [0.05, 0.1) is 6.61 Å². The van der Waals surface area contributed by atoms with Crippen LogP contribution < -0.4 is 0 Å². The lowest BCUT2D eigenvalue weighted by Gasteiger charge is -2.04. The van der Waals surface area contributed by atoms with Crippen molar-refractivity contribution in [2.75, 3.05) is 6.61 Å². The van der Waals surface area contributed by atoms with Gasteiger partial charge in [-0.25, -0.2) is 13.6 Å². The second-order valence-corrected chi connectivity index (χ2v) is 3.15. The van der Waals surface area contributed by atoms with Gasteiger partial charge < -0.3 is 4.74 Å². The van der Waals surface area contributed by atoms with E-state index in [1.807, 2.05) is 0 Å². The van der Waals surface area contributed by atoms with Crippen molar-refractivity contribution in [2.24, 2.45) is 0 Å². The summed E-state index contributed by atoms with van der Waals surface area (Å²) in [7, 11) is 0. The molecule has 3 nitrogen and oxygen atoms in total. The van der Waals surface area contributed by atoms with Crippen LogP contribution in [0.2, 0.25) is 0 Å². The average molecular weight is 228 g/mol. The number of rotatable bonds is 3. The molecule has 0 bridgehead atoms. The van der Waals surface area contributed by atoms with Gasteiger partial charge in [0.1, 0.15) is 17.2 Å². The number of hydrogen-bond donors (Lipinski definition) is 0. The predicted molar refractivity (Wildman–Crippen MR) is 52.1 cm³/mol. The van der Waals surface area contributed by atoms with E-state index in [-0.39, 0.29) is 6.61 Å². The minimum absolute atomic E-state index is 0.0281. The fraction of sp³-hybridized carbons (Fsp3) is 0.273. The van der Waals surface area contributed by atoms with Crippen LogP contribution in [0.5, 0.6) is 0 Å². The summed E-state index contributed by atoms with van der Waals surface area (Å²) in [4.78, 5) is 22.4. The van der Waals surface area contributed by atoms with Crippen molar-refractivity contribution in [1.29, 1.82) is 0 Å². The Kier molecular flexibility index (Phi) is 3.71. The number of carbonyl (C=O) groups excluding carboxylic acids is 2. The molecule has 1 rings (SSSR count). The zero-order chi connectivity index (χ0) is 12.3. The monoisotopic (exact) mass is 228 g/mol. The number of benzene rings is 1. The summed E-state index contributed by atoms with van der Waals surface area (Å²) in [5.41, 5.74) is -0.542. The van der Waals surface area contributed by atoms with Crippen molar-refractivity contribution < 1.29 is 23.1 Å². The SMILES string of the molecule is CCOC(=O)C(=O)c1c(F)cc(C)cc1F. The summed E-state index contributed by atoms with van der Waals surface area (Å²) in [5, 5.41) is 0. The van der Waals surface area contributed by atoms with Crippen LogP contribution in [-0.4, -0.2) is 18.4 Å². The van der Waals surface area contributed by atoms with Gasteiger partial charge in [-0.3, -0.25) is 4.79 Å². The summed E-state index contributed by atoms with van der Waals surface area (Å²) in [6, 6.07) is 1.96. The normalized spacial score (nSPS) is 10.0. The van der Waals surface area contributed by atoms with Crippen molar-refractivity contribution in [2.45, 2.75) is 13.8 Å². The minimum atomic E-state index is -1.31. The van der Waals surface area contributed by atoms with E-state index in [1.165, 1.54) is 13.8 Å². The molecular formula is C11H10F2O3. The van der Waals surface area contributed by atoms with Crippen LogP contribution in [0.1, 0.15) is 22.8 Å². The number of carbonyl (C=O) groups is 2. The Bertz CT molecular complexity index is 418. The third kappa shape index (κ3) is 2.42. The Hall–Kier alpha value is -1.78. The van der Waals surface area contributed by atoms with E-state index in [9.17, 15) is 18.4 Å². The van der Waals surface area contributed by atoms with Crippen LogP contribution >= 0.6 is 0 Å². The van der Waals surface area contributed by atoms with Crippen molar-refractivity contribution in [3.63, 3.8) is 0 Å². The quantitative estimate of drug-likeness (QED) is 0.451. The molecule has 5 heteroatoms. The number of ketones is 1. The predicted octanol–water partition coefficient (Wildman–Crippen LogP) is 2.02. The van der Waals surface area contributed by atoms with Crippen LogP contribution in [0.4, 0.5) is 8.78 Å². The third-order valence-corrected chi connectivity index (χ3v) is 1.87. The van der Waals surface area contributed by atoms with E-state index in [4.69, 9.17) is 0 Å². The molecule has 86 valence electrons. The number of esters is 1. The lowest BCUT2D eigenvalue weighted by Crippen LogP contribution is -2.20. The Morgan fingerprint density at radius 2 is 1.75 bits per heavy atom. The Morgan fingerprint density at radius 1 is 1.25 bits per heavy atom. The maximum atomic E-state index is 13.3. The van der Waals surface area contributed by atoms with Crippen LogP contribution in [0.15, 0.2) is 12.1 Å². The summed E-state index contributed by atoms with van der Waals surface area (Å²) < 4.78 is 31.0. The van der Waals surface area contributed by atoms with Crippen molar-refractivity contribution in [1.82, 2.24) is 0 Å². The standard InChI is InChI=1S/C11H10F2O3/c1-3-16-11(15)10(14)9-7(12)4-6(2)5-8(9)13/h4-5H,3H2,1-2H3. The highest BCUT2D eigenvalue weighted by Crippen LogP contribution is 2.16. The molecule has 0 aromatic heterocycles. The van der Waals surface area contributed by atoms with Gasteiger partial charge in [-0.15, -0.1) is 0 Å². The highest BCUT2D eigenvalue weighted by molar-refractivity contribution is 6.40. The molecule has 0 amide bonds. The van der Waals surface area contributed by atoms with Gasteiger partial charge in [0.25, 0.3) is 5.78 Å². The van der Waals surface area contributed by atoms with Crippen LogP contribution in [-0.2, 0) is 9.53 Å². The van der Waals surface area contributed by atoms with E-state index in [2.05, 4.69) is 4.74 Å². The van der Waals surface area contributed by atoms with Crippen LogP contribution in [0.25, 0.3) is 0 Å².